The second-order valence-corrected chi connectivity index (χ2v) is 3.87. The first-order chi connectivity index (χ1) is 8.40. The summed E-state index contributed by atoms with van der Waals surface area (Å²) < 4.78 is 26.5. The molecule has 96 valence electrons. The Morgan fingerprint density at radius 2 is 2.11 bits per heavy atom. The zero-order valence-corrected chi connectivity index (χ0v) is 8.97. The fourth-order valence-electron chi connectivity index (χ4n) is 1.86. The van der Waals surface area contributed by atoms with E-state index >= 15 is 0 Å². The fourth-order valence-corrected chi connectivity index (χ4v) is 1.86. The molecule has 6 nitrogen and oxygen atoms in total. The Morgan fingerprint density at radius 1 is 1.44 bits per heavy atom. The Hall–Kier alpha value is -2.09. The Labute approximate surface area is 99.6 Å². The second-order valence-electron chi connectivity index (χ2n) is 3.87. The summed E-state index contributed by atoms with van der Waals surface area (Å²) in [6.07, 6.45) is -1.25. The number of β-amino-alcohol motifs (C(OH)–C–C–N with tert-alkyl or cyclic N) is 1. The van der Waals surface area contributed by atoms with Crippen molar-refractivity contribution in [1.29, 1.82) is 0 Å². The molecule has 1 fully saturated rings. The lowest BCUT2D eigenvalue weighted by Gasteiger charge is -2.16. The molecule has 1 N–H and O–H groups in total. The van der Waals surface area contributed by atoms with Gasteiger partial charge in [0.05, 0.1) is 30.1 Å². The Balaban J connectivity index is 2.56. The Bertz CT molecular complexity index is 535. The molecule has 1 unspecified atom stereocenters. The van der Waals surface area contributed by atoms with Gasteiger partial charge in [-0.3, -0.25) is 14.9 Å². The van der Waals surface area contributed by atoms with Gasteiger partial charge in [0.15, 0.2) is 11.5 Å². The summed E-state index contributed by atoms with van der Waals surface area (Å²) in [5, 5.41) is 20.0. The summed E-state index contributed by atoms with van der Waals surface area (Å²) in [5.74, 6) is -2.95. The minimum absolute atomic E-state index is 0.242. The topological polar surface area (TPSA) is 83.7 Å². The SMILES string of the molecule is O=C1CC(O)CN1c1c(F)cc(F)cc1[N+](=O)[O-]. The molecule has 2 rings (SSSR count). The van der Waals surface area contributed by atoms with E-state index in [9.17, 15) is 28.8 Å². The number of nitro benzene ring substituents is 1. The molecule has 1 amide bonds. The molecule has 8 heteroatoms. The molecule has 1 saturated heterocycles. The van der Waals surface area contributed by atoms with Crippen molar-refractivity contribution in [3.05, 3.63) is 33.9 Å². The van der Waals surface area contributed by atoms with Crippen molar-refractivity contribution >= 4 is 17.3 Å². The quantitative estimate of drug-likeness (QED) is 0.632. The highest BCUT2D eigenvalue weighted by atomic mass is 19.1. The number of aliphatic hydroxyl groups excluding tert-OH is 1. The van der Waals surface area contributed by atoms with E-state index < -0.39 is 39.9 Å². The number of anilines is 1. The molecular formula is C10H8F2N2O4. The van der Waals surface area contributed by atoms with E-state index in [1.54, 1.807) is 0 Å². The summed E-state index contributed by atoms with van der Waals surface area (Å²) in [6.45, 7) is -0.248. The van der Waals surface area contributed by atoms with Crippen LogP contribution in [0.25, 0.3) is 0 Å². The van der Waals surface area contributed by atoms with Gasteiger partial charge in [0.25, 0.3) is 5.69 Å². The van der Waals surface area contributed by atoms with Crippen LogP contribution in [0.5, 0.6) is 0 Å². The lowest BCUT2D eigenvalue weighted by molar-refractivity contribution is -0.384. The van der Waals surface area contributed by atoms with Gasteiger partial charge < -0.3 is 10.0 Å². The molecule has 1 aromatic rings. The number of nitro groups is 1. The maximum atomic E-state index is 13.6. The predicted molar refractivity (Wildman–Crippen MR) is 56.0 cm³/mol. The van der Waals surface area contributed by atoms with E-state index in [1.807, 2.05) is 0 Å². The molecule has 1 aliphatic heterocycles. The fraction of sp³-hybridized carbons (Fsp3) is 0.300. The van der Waals surface area contributed by atoms with Crippen LogP contribution in [0.2, 0.25) is 0 Å². The highest BCUT2D eigenvalue weighted by Gasteiger charge is 2.35. The minimum Gasteiger partial charge on any atom is -0.391 e. The Morgan fingerprint density at radius 3 is 2.61 bits per heavy atom. The first kappa shape index (κ1) is 12.4. The number of halogens is 2. The monoisotopic (exact) mass is 258 g/mol. The van der Waals surface area contributed by atoms with Gasteiger partial charge in [0.1, 0.15) is 5.82 Å². The number of benzene rings is 1. The van der Waals surface area contributed by atoms with Gasteiger partial charge in [-0.25, -0.2) is 8.78 Å². The number of carbonyl (C=O) groups is 1. The molecular weight excluding hydrogens is 250 g/mol. The molecule has 0 saturated carbocycles. The van der Waals surface area contributed by atoms with Gasteiger partial charge in [-0.1, -0.05) is 0 Å². The lowest BCUT2D eigenvalue weighted by Crippen LogP contribution is -2.27. The van der Waals surface area contributed by atoms with E-state index in [2.05, 4.69) is 0 Å². The Kier molecular flexibility index (Phi) is 2.95. The van der Waals surface area contributed by atoms with Crippen LogP contribution in [0.1, 0.15) is 6.42 Å². The molecule has 1 atom stereocenters. The van der Waals surface area contributed by atoms with E-state index in [0.29, 0.717) is 12.1 Å². The van der Waals surface area contributed by atoms with Gasteiger partial charge in [-0.05, 0) is 0 Å². The molecule has 0 aromatic heterocycles. The maximum Gasteiger partial charge on any atom is 0.298 e. The third-order valence-corrected chi connectivity index (χ3v) is 2.58. The van der Waals surface area contributed by atoms with Gasteiger partial charge in [0, 0.05) is 6.07 Å². The van der Waals surface area contributed by atoms with E-state index in [-0.39, 0.29) is 13.0 Å². The third kappa shape index (κ3) is 2.02. The number of carbonyl (C=O) groups excluding carboxylic acids is 1. The van der Waals surface area contributed by atoms with Crippen LogP contribution in [0.3, 0.4) is 0 Å². The standard InChI is InChI=1S/C10H8F2N2O4/c11-5-1-7(12)10(8(2-5)14(17)18)13-4-6(15)3-9(13)16/h1-2,6,15H,3-4H2. The number of nitrogens with zero attached hydrogens (tertiary/aromatic N) is 2. The molecule has 1 aliphatic rings. The molecule has 0 aliphatic carbocycles. The number of hydrogen-bond donors (Lipinski definition) is 1. The minimum atomic E-state index is -1.20. The molecule has 0 spiro atoms. The second kappa shape index (κ2) is 4.30. The summed E-state index contributed by atoms with van der Waals surface area (Å²) in [5.41, 5.74) is -1.45. The van der Waals surface area contributed by atoms with Gasteiger partial charge in [-0.15, -0.1) is 0 Å². The van der Waals surface area contributed by atoms with Crippen molar-refractivity contribution in [1.82, 2.24) is 0 Å². The lowest BCUT2D eigenvalue weighted by atomic mass is 10.2. The summed E-state index contributed by atoms with van der Waals surface area (Å²) in [6, 6.07) is 0.997. The van der Waals surface area contributed by atoms with Crippen LogP contribution in [0.15, 0.2) is 12.1 Å². The number of amides is 1. The molecule has 1 heterocycles. The van der Waals surface area contributed by atoms with E-state index in [1.165, 1.54) is 0 Å². The van der Waals surface area contributed by atoms with Crippen LogP contribution in [-0.2, 0) is 4.79 Å². The maximum absolute atomic E-state index is 13.6. The van der Waals surface area contributed by atoms with E-state index in [4.69, 9.17) is 0 Å². The predicted octanol–water partition coefficient (Wildman–Crippen LogP) is 0.971. The molecule has 0 radical (unpaired) electrons. The molecule has 18 heavy (non-hydrogen) atoms. The summed E-state index contributed by atoms with van der Waals surface area (Å²) in [4.78, 5) is 22.0. The largest absolute Gasteiger partial charge is 0.391 e. The first-order valence-electron chi connectivity index (χ1n) is 5.02. The normalized spacial score (nSPS) is 19.4. The molecule has 0 bridgehead atoms. The van der Waals surface area contributed by atoms with Crippen LogP contribution in [0, 0.1) is 21.7 Å². The van der Waals surface area contributed by atoms with Crippen LogP contribution >= 0.6 is 0 Å². The van der Waals surface area contributed by atoms with Crippen molar-refractivity contribution < 1.29 is 23.6 Å². The summed E-state index contributed by atoms with van der Waals surface area (Å²) in [7, 11) is 0. The first-order valence-corrected chi connectivity index (χ1v) is 5.02. The average Bonchev–Trinajstić information content (AvgIpc) is 2.56. The number of hydrogen-bond acceptors (Lipinski definition) is 4. The number of rotatable bonds is 2. The van der Waals surface area contributed by atoms with Gasteiger partial charge >= 0.3 is 0 Å². The van der Waals surface area contributed by atoms with Gasteiger partial charge in [0.2, 0.25) is 5.91 Å². The average molecular weight is 258 g/mol. The van der Waals surface area contributed by atoms with Crippen LogP contribution in [-0.4, -0.2) is 28.6 Å². The van der Waals surface area contributed by atoms with Crippen molar-refractivity contribution in [2.24, 2.45) is 0 Å². The third-order valence-electron chi connectivity index (χ3n) is 2.58. The summed E-state index contributed by atoms with van der Waals surface area (Å²) >= 11 is 0. The molecule has 1 aromatic carbocycles. The number of aliphatic hydroxyl groups is 1. The van der Waals surface area contributed by atoms with E-state index in [0.717, 1.165) is 4.90 Å². The van der Waals surface area contributed by atoms with Crippen LogP contribution in [0.4, 0.5) is 20.2 Å². The smallest absolute Gasteiger partial charge is 0.298 e. The van der Waals surface area contributed by atoms with Gasteiger partial charge in [-0.2, -0.15) is 0 Å². The van der Waals surface area contributed by atoms with Crippen molar-refractivity contribution in [3.63, 3.8) is 0 Å². The highest BCUT2D eigenvalue weighted by molar-refractivity contribution is 5.98. The zero-order chi connectivity index (χ0) is 13.4. The van der Waals surface area contributed by atoms with Crippen molar-refractivity contribution in [2.75, 3.05) is 11.4 Å². The van der Waals surface area contributed by atoms with Crippen LogP contribution < -0.4 is 4.90 Å². The van der Waals surface area contributed by atoms with Crippen molar-refractivity contribution in [3.8, 4) is 0 Å². The van der Waals surface area contributed by atoms with Crippen molar-refractivity contribution in [2.45, 2.75) is 12.5 Å². The zero-order valence-electron chi connectivity index (χ0n) is 8.97. The highest BCUT2D eigenvalue weighted by Crippen LogP contribution is 2.34.